The van der Waals surface area contributed by atoms with Crippen LogP contribution in [-0.2, 0) is 0 Å². The number of rotatable bonds is 4. The molecule has 1 saturated heterocycles. The average Bonchev–Trinajstić information content (AvgIpc) is 2.41. The molecule has 1 aliphatic heterocycles. The minimum absolute atomic E-state index is 0.306. The van der Waals surface area contributed by atoms with Crippen LogP contribution >= 0.6 is 11.6 Å². The maximum absolute atomic E-state index is 6.12. The maximum atomic E-state index is 6.12. The van der Waals surface area contributed by atoms with Crippen molar-refractivity contribution < 1.29 is 4.74 Å². The van der Waals surface area contributed by atoms with Crippen LogP contribution in [-0.4, -0.2) is 27.2 Å². The summed E-state index contributed by atoms with van der Waals surface area (Å²) in [5.41, 5.74) is 1.17. The summed E-state index contributed by atoms with van der Waals surface area (Å²) in [6.45, 7) is 2.18. The predicted molar refractivity (Wildman–Crippen MR) is 75.4 cm³/mol. The lowest BCUT2D eigenvalue weighted by Gasteiger charge is -2.31. The van der Waals surface area contributed by atoms with E-state index in [1.807, 2.05) is 25.2 Å². The van der Waals surface area contributed by atoms with E-state index in [-0.39, 0.29) is 0 Å². The summed E-state index contributed by atoms with van der Waals surface area (Å²) in [6, 6.07) is 6.15. The molecule has 4 heteroatoms. The first-order valence-electron chi connectivity index (χ1n) is 6.47. The van der Waals surface area contributed by atoms with Crippen molar-refractivity contribution in [3.05, 3.63) is 28.8 Å². The quantitative estimate of drug-likeness (QED) is 0.881. The zero-order valence-corrected chi connectivity index (χ0v) is 11.8. The second-order valence-corrected chi connectivity index (χ2v) is 5.18. The molecular weight excluding hydrogens is 248 g/mol. The Hall–Kier alpha value is -0.770. The van der Waals surface area contributed by atoms with Gasteiger partial charge in [0.1, 0.15) is 5.75 Å². The van der Waals surface area contributed by atoms with Gasteiger partial charge in [0.25, 0.3) is 0 Å². The van der Waals surface area contributed by atoms with Gasteiger partial charge in [0.2, 0.25) is 0 Å². The molecule has 0 radical (unpaired) electrons. The fourth-order valence-corrected chi connectivity index (χ4v) is 2.95. The highest BCUT2D eigenvalue weighted by Crippen LogP contribution is 2.35. The van der Waals surface area contributed by atoms with E-state index >= 15 is 0 Å². The Morgan fingerprint density at radius 3 is 2.72 bits per heavy atom. The Bertz CT molecular complexity index is 391. The molecule has 0 amide bonds. The van der Waals surface area contributed by atoms with Crippen LogP contribution in [0.4, 0.5) is 0 Å². The number of halogens is 1. The van der Waals surface area contributed by atoms with Crippen molar-refractivity contribution in [1.82, 2.24) is 10.6 Å². The molecule has 0 saturated carbocycles. The molecule has 2 rings (SSSR count). The zero-order chi connectivity index (χ0) is 13.0. The number of benzene rings is 1. The SMILES string of the molecule is CNC(c1cc(Cl)ccc1OC)C1CCNCC1. The minimum atomic E-state index is 0.306. The van der Waals surface area contributed by atoms with Crippen molar-refractivity contribution in [2.45, 2.75) is 18.9 Å². The topological polar surface area (TPSA) is 33.3 Å². The van der Waals surface area contributed by atoms with Gasteiger partial charge in [-0.2, -0.15) is 0 Å². The number of piperidine rings is 1. The number of ether oxygens (including phenoxy) is 1. The number of nitrogens with one attached hydrogen (secondary N) is 2. The van der Waals surface area contributed by atoms with E-state index in [4.69, 9.17) is 16.3 Å². The van der Waals surface area contributed by atoms with Gasteiger partial charge in [0.15, 0.2) is 0 Å². The van der Waals surface area contributed by atoms with Crippen LogP contribution in [0.2, 0.25) is 5.02 Å². The summed E-state index contributed by atoms with van der Waals surface area (Å²) in [5, 5.41) is 7.59. The van der Waals surface area contributed by atoms with E-state index in [1.165, 1.54) is 18.4 Å². The van der Waals surface area contributed by atoms with Crippen LogP contribution < -0.4 is 15.4 Å². The van der Waals surface area contributed by atoms with E-state index < -0.39 is 0 Å². The summed E-state index contributed by atoms with van der Waals surface area (Å²) >= 11 is 6.12. The Morgan fingerprint density at radius 1 is 1.39 bits per heavy atom. The fourth-order valence-electron chi connectivity index (χ4n) is 2.77. The smallest absolute Gasteiger partial charge is 0.123 e. The molecule has 0 aromatic heterocycles. The van der Waals surface area contributed by atoms with Crippen molar-refractivity contribution in [2.24, 2.45) is 5.92 Å². The predicted octanol–water partition coefficient (Wildman–Crippen LogP) is 2.61. The average molecular weight is 269 g/mol. The van der Waals surface area contributed by atoms with Crippen LogP contribution in [0, 0.1) is 5.92 Å². The molecule has 1 aromatic carbocycles. The van der Waals surface area contributed by atoms with E-state index in [0.717, 1.165) is 23.9 Å². The first-order valence-corrected chi connectivity index (χ1v) is 6.85. The van der Waals surface area contributed by atoms with Gasteiger partial charge < -0.3 is 15.4 Å². The summed E-state index contributed by atoms with van der Waals surface area (Å²) in [7, 11) is 3.72. The standard InChI is InChI=1S/C14H21ClN2O/c1-16-14(10-5-7-17-8-6-10)12-9-11(15)3-4-13(12)18-2/h3-4,9-10,14,16-17H,5-8H2,1-2H3. The Morgan fingerprint density at radius 2 is 2.11 bits per heavy atom. The number of methoxy groups -OCH3 is 1. The lowest BCUT2D eigenvalue weighted by Crippen LogP contribution is -2.35. The van der Waals surface area contributed by atoms with Crippen LogP contribution in [0.25, 0.3) is 0 Å². The Labute approximate surface area is 114 Å². The first-order chi connectivity index (χ1) is 8.76. The lowest BCUT2D eigenvalue weighted by atomic mass is 9.85. The molecule has 1 fully saturated rings. The maximum Gasteiger partial charge on any atom is 0.123 e. The molecule has 0 spiro atoms. The van der Waals surface area contributed by atoms with Crippen molar-refractivity contribution >= 4 is 11.6 Å². The summed E-state index contributed by atoms with van der Waals surface area (Å²) < 4.78 is 5.46. The Kier molecular flexibility index (Phi) is 4.87. The van der Waals surface area contributed by atoms with Crippen LogP contribution in [0.5, 0.6) is 5.75 Å². The summed E-state index contributed by atoms with van der Waals surface area (Å²) in [6.07, 6.45) is 2.36. The van der Waals surface area contributed by atoms with Crippen molar-refractivity contribution in [3.8, 4) is 5.75 Å². The second-order valence-electron chi connectivity index (χ2n) is 4.74. The van der Waals surface area contributed by atoms with Crippen molar-refractivity contribution in [2.75, 3.05) is 27.2 Å². The van der Waals surface area contributed by atoms with E-state index in [0.29, 0.717) is 12.0 Å². The monoisotopic (exact) mass is 268 g/mol. The van der Waals surface area contributed by atoms with E-state index in [9.17, 15) is 0 Å². The molecule has 18 heavy (non-hydrogen) atoms. The Balaban J connectivity index is 2.27. The molecule has 1 unspecified atom stereocenters. The molecule has 1 heterocycles. The highest BCUT2D eigenvalue weighted by atomic mass is 35.5. The third-order valence-electron chi connectivity index (χ3n) is 3.69. The highest BCUT2D eigenvalue weighted by Gasteiger charge is 2.26. The minimum Gasteiger partial charge on any atom is -0.496 e. The second kappa shape index (κ2) is 6.41. The van der Waals surface area contributed by atoms with Crippen molar-refractivity contribution in [3.63, 3.8) is 0 Å². The molecule has 0 aliphatic carbocycles. The van der Waals surface area contributed by atoms with Gasteiger partial charge in [0, 0.05) is 16.6 Å². The molecule has 1 aromatic rings. The lowest BCUT2D eigenvalue weighted by molar-refractivity contribution is 0.286. The van der Waals surface area contributed by atoms with Gasteiger partial charge in [-0.25, -0.2) is 0 Å². The van der Waals surface area contributed by atoms with Gasteiger partial charge >= 0.3 is 0 Å². The largest absolute Gasteiger partial charge is 0.496 e. The van der Waals surface area contributed by atoms with Crippen molar-refractivity contribution in [1.29, 1.82) is 0 Å². The number of hydrogen-bond acceptors (Lipinski definition) is 3. The van der Waals surface area contributed by atoms with Gasteiger partial charge in [0.05, 0.1) is 7.11 Å². The summed E-state index contributed by atoms with van der Waals surface area (Å²) in [5.74, 6) is 1.54. The third-order valence-corrected chi connectivity index (χ3v) is 3.93. The van der Waals surface area contributed by atoms with E-state index in [1.54, 1.807) is 7.11 Å². The van der Waals surface area contributed by atoms with Gasteiger partial charge in [-0.1, -0.05) is 11.6 Å². The molecule has 3 nitrogen and oxygen atoms in total. The molecule has 100 valence electrons. The number of hydrogen-bond donors (Lipinski definition) is 2. The van der Waals surface area contributed by atoms with Crippen LogP contribution in [0.3, 0.4) is 0 Å². The molecule has 2 N–H and O–H groups in total. The molecule has 0 bridgehead atoms. The fraction of sp³-hybridized carbons (Fsp3) is 0.571. The molecule has 1 atom stereocenters. The zero-order valence-electron chi connectivity index (χ0n) is 11.0. The van der Waals surface area contributed by atoms with Crippen LogP contribution in [0.15, 0.2) is 18.2 Å². The first kappa shape index (κ1) is 13.7. The van der Waals surface area contributed by atoms with Crippen LogP contribution in [0.1, 0.15) is 24.4 Å². The molecule has 1 aliphatic rings. The molecular formula is C14H21ClN2O. The van der Waals surface area contributed by atoms with Gasteiger partial charge in [-0.05, 0) is 57.1 Å². The third kappa shape index (κ3) is 2.97. The van der Waals surface area contributed by atoms with E-state index in [2.05, 4.69) is 10.6 Å². The summed E-state index contributed by atoms with van der Waals surface area (Å²) in [4.78, 5) is 0. The normalized spacial score (nSPS) is 18.6. The van der Waals surface area contributed by atoms with Gasteiger partial charge in [-0.15, -0.1) is 0 Å². The highest BCUT2D eigenvalue weighted by molar-refractivity contribution is 6.30. The van der Waals surface area contributed by atoms with Gasteiger partial charge in [-0.3, -0.25) is 0 Å².